The molecular formula is C13H13N3O2S. The predicted octanol–water partition coefficient (Wildman–Crippen LogP) is 0.744. The van der Waals surface area contributed by atoms with Gasteiger partial charge in [0.25, 0.3) is 0 Å². The molecule has 0 fully saturated rings. The van der Waals surface area contributed by atoms with Crippen LogP contribution < -0.4 is 5.69 Å². The fourth-order valence-corrected chi connectivity index (χ4v) is 2.43. The van der Waals surface area contributed by atoms with Gasteiger partial charge in [-0.3, -0.25) is 4.57 Å². The van der Waals surface area contributed by atoms with Crippen LogP contribution in [-0.4, -0.2) is 26.5 Å². The normalized spacial score (nSPS) is 10.0. The van der Waals surface area contributed by atoms with Crippen molar-refractivity contribution in [3.05, 3.63) is 45.9 Å². The average molecular weight is 275 g/mol. The number of hydrogen-bond acceptors (Lipinski definition) is 4. The number of benzene rings is 1. The van der Waals surface area contributed by atoms with Gasteiger partial charge in [0.15, 0.2) is 5.16 Å². The average Bonchev–Trinajstić information content (AvgIpc) is 2.75. The fourth-order valence-electron chi connectivity index (χ4n) is 1.51. The first-order valence-electron chi connectivity index (χ1n) is 5.64. The van der Waals surface area contributed by atoms with Crippen LogP contribution >= 0.6 is 11.8 Å². The third-order valence-corrected chi connectivity index (χ3v) is 3.59. The third kappa shape index (κ3) is 3.28. The van der Waals surface area contributed by atoms with E-state index in [2.05, 4.69) is 22.0 Å². The number of aromatic nitrogens is 3. The first-order valence-corrected chi connectivity index (χ1v) is 6.62. The van der Waals surface area contributed by atoms with Crippen LogP contribution in [0.15, 0.2) is 34.2 Å². The molecule has 0 radical (unpaired) electrons. The monoisotopic (exact) mass is 275 g/mol. The van der Waals surface area contributed by atoms with Crippen molar-refractivity contribution in [3.63, 3.8) is 0 Å². The van der Waals surface area contributed by atoms with Gasteiger partial charge in [0.05, 0.1) is 0 Å². The first-order chi connectivity index (χ1) is 9.22. The molecule has 6 heteroatoms. The lowest BCUT2D eigenvalue weighted by atomic mass is 10.1. The van der Waals surface area contributed by atoms with Crippen LogP contribution in [0.5, 0.6) is 0 Å². The Morgan fingerprint density at radius 2 is 2.26 bits per heavy atom. The maximum absolute atomic E-state index is 11.2. The summed E-state index contributed by atoms with van der Waals surface area (Å²) in [5.74, 6) is 6.21. The Morgan fingerprint density at radius 1 is 1.47 bits per heavy atom. The van der Waals surface area contributed by atoms with Crippen molar-refractivity contribution in [2.45, 2.75) is 10.9 Å². The zero-order chi connectivity index (χ0) is 13.7. The number of thioether (sulfide) groups is 1. The number of nitrogens with zero attached hydrogens (tertiary/aromatic N) is 2. The third-order valence-electron chi connectivity index (χ3n) is 2.52. The van der Waals surface area contributed by atoms with Gasteiger partial charge in [0, 0.05) is 18.4 Å². The number of H-pyrrole nitrogens is 1. The van der Waals surface area contributed by atoms with Crippen LogP contribution in [0.4, 0.5) is 0 Å². The van der Waals surface area contributed by atoms with Crippen LogP contribution in [0, 0.1) is 11.8 Å². The summed E-state index contributed by atoms with van der Waals surface area (Å²) in [6, 6.07) is 7.71. The molecule has 0 spiro atoms. The van der Waals surface area contributed by atoms with Crippen molar-refractivity contribution in [1.29, 1.82) is 0 Å². The van der Waals surface area contributed by atoms with Gasteiger partial charge in [0.2, 0.25) is 0 Å². The number of aromatic amines is 1. The van der Waals surface area contributed by atoms with Crippen molar-refractivity contribution >= 4 is 11.8 Å². The van der Waals surface area contributed by atoms with Crippen LogP contribution in [-0.2, 0) is 12.8 Å². The summed E-state index contributed by atoms with van der Waals surface area (Å²) in [6.07, 6.45) is 0. The van der Waals surface area contributed by atoms with Crippen LogP contribution in [0.2, 0.25) is 0 Å². The summed E-state index contributed by atoms with van der Waals surface area (Å²) in [5, 5.41) is 15.7. The summed E-state index contributed by atoms with van der Waals surface area (Å²) in [5.41, 5.74) is 1.70. The highest BCUT2D eigenvalue weighted by atomic mass is 32.2. The molecule has 0 aliphatic heterocycles. The van der Waals surface area contributed by atoms with Gasteiger partial charge in [-0.15, -0.1) is 5.10 Å². The van der Waals surface area contributed by atoms with E-state index in [0.717, 1.165) is 11.1 Å². The smallest absolute Gasteiger partial charge is 0.343 e. The minimum Gasteiger partial charge on any atom is -0.384 e. The Hall–Kier alpha value is -1.97. The van der Waals surface area contributed by atoms with E-state index in [1.807, 2.05) is 24.3 Å². The second-order valence-electron chi connectivity index (χ2n) is 3.78. The number of rotatable bonds is 3. The van der Waals surface area contributed by atoms with E-state index >= 15 is 0 Å². The largest absolute Gasteiger partial charge is 0.384 e. The minimum absolute atomic E-state index is 0.157. The molecule has 98 valence electrons. The second-order valence-corrected chi connectivity index (χ2v) is 4.72. The van der Waals surface area contributed by atoms with E-state index in [4.69, 9.17) is 5.11 Å². The van der Waals surface area contributed by atoms with E-state index in [1.165, 1.54) is 16.3 Å². The minimum atomic E-state index is -0.226. The predicted molar refractivity (Wildman–Crippen MR) is 73.8 cm³/mol. The molecule has 0 aliphatic rings. The van der Waals surface area contributed by atoms with Gasteiger partial charge < -0.3 is 5.11 Å². The highest BCUT2D eigenvalue weighted by Crippen LogP contribution is 2.21. The molecule has 2 rings (SSSR count). The Bertz CT molecular complexity index is 679. The molecule has 0 amide bonds. The topological polar surface area (TPSA) is 70.9 Å². The zero-order valence-corrected chi connectivity index (χ0v) is 11.2. The van der Waals surface area contributed by atoms with Crippen LogP contribution in [0.1, 0.15) is 11.1 Å². The van der Waals surface area contributed by atoms with Gasteiger partial charge >= 0.3 is 5.69 Å². The zero-order valence-electron chi connectivity index (χ0n) is 10.4. The molecule has 1 heterocycles. The summed E-state index contributed by atoms with van der Waals surface area (Å²) in [4.78, 5) is 11.2. The SMILES string of the molecule is Cn1c(SCc2ccccc2C#CCO)n[nH]c1=O. The van der Waals surface area contributed by atoms with E-state index in [9.17, 15) is 4.79 Å². The van der Waals surface area contributed by atoms with Gasteiger partial charge in [-0.1, -0.05) is 41.8 Å². The summed E-state index contributed by atoms with van der Waals surface area (Å²) < 4.78 is 1.46. The standard InChI is InChI=1S/C13H13N3O2S/c1-16-12(18)14-15-13(16)19-9-11-6-3-2-5-10(11)7-4-8-17/h2-3,5-6,17H,8-9H2,1H3,(H,14,18). The Morgan fingerprint density at radius 3 is 2.95 bits per heavy atom. The Kier molecular flexibility index (Phi) is 4.44. The lowest BCUT2D eigenvalue weighted by molar-refractivity contribution is 0.350. The molecular weight excluding hydrogens is 262 g/mol. The van der Waals surface area contributed by atoms with Crippen molar-refractivity contribution < 1.29 is 5.11 Å². The van der Waals surface area contributed by atoms with Crippen molar-refractivity contribution in [3.8, 4) is 11.8 Å². The maximum atomic E-state index is 11.2. The fraction of sp³-hybridized carbons (Fsp3) is 0.231. The summed E-state index contributed by atoms with van der Waals surface area (Å²) >= 11 is 1.46. The lowest BCUT2D eigenvalue weighted by Gasteiger charge is -2.03. The number of hydrogen-bond donors (Lipinski definition) is 2. The summed E-state index contributed by atoms with van der Waals surface area (Å²) in [6.45, 7) is -0.157. The van der Waals surface area contributed by atoms with E-state index in [0.29, 0.717) is 10.9 Å². The van der Waals surface area contributed by atoms with Crippen molar-refractivity contribution in [1.82, 2.24) is 14.8 Å². The molecule has 1 aromatic heterocycles. The van der Waals surface area contributed by atoms with E-state index < -0.39 is 0 Å². The molecule has 0 aliphatic carbocycles. The molecule has 0 bridgehead atoms. The van der Waals surface area contributed by atoms with E-state index in [-0.39, 0.29) is 12.3 Å². The first kappa shape index (κ1) is 13.5. The van der Waals surface area contributed by atoms with Gasteiger partial charge in [-0.2, -0.15) is 0 Å². The number of nitrogens with one attached hydrogen (secondary N) is 1. The van der Waals surface area contributed by atoms with Crippen molar-refractivity contribution in [2.75, 3.05) is 6.61 Å². The lowest BCUT2D eigenvalue weighted by Crippen LogP contribution is -2.12. The molecule has 19 heavy (non-hydrogen) atoms. The van der Waals surface area contributed by atoms with Crippen molar-refractivity contribution in [2.24, 2.45) is 7.05 Å². The highest BCUT2D eigenvalue weighted by Gasteiger charge is 2.06. The molecule has 5 nitrogen and oxygen atoms in total. The summed E-state index contributed by atoms with van der Waals surface area (Å²) in [7, 11) is 1.67. The number of aliphatic hydroxyl groups excluding tert-OH is 1. The molecule has 0 saturated carbocycles. The second kappa shape index (κ2) is 6.27. The molecule has 2 N–H and O–H groups in total. The quantitative estimate of drug-likeness (QED) is 0.640. The van der Waals surface area contributed by atoms with E-state index in [1.54, 1.807) is 7.05 Å². The number of aliphatic hydroxyl groups is 1. The maximum Gasteiger partial charge on any atom is 0.343 e. The van der Waals surface area contributed by atoms with Gasteiger partial charge in [0.1, 0.15) is 6.61 Å². The Balaban J connectivity index is 2.15. The van der Waals surface area contributed by atoms with Gasteiger partial charge in [-0.25, -0.2) is 9.89 Å². The van der Waals surface area contributed by atoms with Crippen LogP contribution in [0.3, 0.4) is 0 Å². The molecule has 0 atom stereocenters. The molecule has 2 aromatic rings. The van der Waals surface area contributed by atoms with Gasteiger partial charge in [-0.05, 0) is 11.6 Å². The molecule has 0 saturated heterocycles. The van der Waals surface area contributed by atoms with Crippen LogP contribution in [0.25, 0.3) is 0 Å². The Labute approximate surface area is 114 Å². The molecule has 0 unspecified atom stereocenters. The highest BCUT2D eigenvalue weighted by molar-refractivity contribution is 7.98. The molecule has 1 aromatic carbocycles.